The zero-order chi connectivity index (χ0) is 13.7. The van der Waals surface area contributed by atoms with E-state index in [9.17, 15) is 4.79 Å². The van der Waals surface area contributed by atoms with Gasteiger partial charge < -0.3 is 20.3 Å². The monoisotopic (exact) mass is 263 g/mol. The lowest BCUT2D eigenvalue weighted by atomic mass is 10.3. The molecule has 0 aliphatic carbocycles. The standard InChI is InChI=1S/C14H21N3O2/c1-16-6-8-17(9-7-16)14(18)5-10-19-13-4-2-3-12(15)11-13/h2-4,11H,5-10,15H2,1H3. The van der Waals surface area contributed by atoms with Crippen molar-refractivity contribution in [1.29, 1.82) is 0 Å². The third-order valence-corrected chi connectivity index (χ3v) is 3.30. The maximum atomic E-state index is 12.0. The summed E-state index contributed by atoms with van der Waals surface area (Å²) in [6.45, 7) is 3.92. The molecule has 5 nitrogen and oxygen atoms in total. The Kier molecular flexibility index (Phi) is 4.63. The SMILES string of the molecule is CN1CCN(C(=O)CCOc2cccc(N)c2)CC1. The molecular weight excluding hydrogens is 242 g/mol. The maximum absolute atomic E-state index is 12.0. The summed E-state index contributed by atoms with van der Waals surface area (Å²) in [4.78, 5) is 16.1. The Morgan fingerprint density at radius 2 is 2.05 bits per heavy atom. The van der Waals surface area contributed by atoms with Crippen molar-refractivity contribution in [3.8, 4) is 5.75 Å². The van der Waals surface area contributed by atoms with Crippen molar-refractivity contribution in [1.82, 2.24) is 9.80 Å². The second-order valence-electron chi connectivity index (χ2n) is 4.86. The number of anilines is 1. The molecule has 0 saturated carbocycles. The Labute approximate surface area is 113 Å². The molecule has 1 aliphatic heterocycles. The third kappa shape index (κ3) is 4.13. The molecule has 2 N–H and O–H groups in total. The van der Waals surface area contributed by atoms with Gasteiger partial charge in [0.25, 0.3) is 0 Å². The number of hydrogen-bond acceptors (Lipinski definition) is 4. The molecule has 1 aromatic rings. The van der Waals surface area contributed by atoms with Gasteiger partial charge >= 0.3 is 0 Å². The van der Waals surface area contributed by atoms with Gasteiger partial charge in [0, 0.05) is 37.9 Å². The molecule has 0 radical (unpaired) electrons. The van der Waals surface area contributed by atoms with Crippen molar-refractivity contribution in [3.63, 3.8) is 0 Å². The Morgan fingerprint density at radius 1 is 1.32 bits per heavy atom. The molecule has 104 valence electrons. The number of piperazine rings is 1. The van der Waals surface area contributed by atoms with E-state index < -0.39 is 0 Å². The molecule has 0 atom stereocenters. The van der Waals surface area contributed by atoms with Gasteiger partial charge in [-0.3, -0.25) is 4.79 Å². The van der Waals surface area contributed by atoms with Crippen molar-refractivity contribution >= 4 is 11.6 Å². The number of nitrogens with two attached hydrogens (primary N) is 1. The lowest BCUT2D eigenvalue weighted by molar-refractivity contribution is -0.133. The van der Waals surface area contributed by atoms with Gasteiger partial charge in [-0.1, -0.05) is 6.07 Å². The van der Waals surface area contributed by atoms with Crippen LogP contribution in [-0.4, -0.2) is 55.5 Å². The van der Waals surface area contributed by atoms with E-state index in [0.717, 1.165) is 26.2 Å². The number of benzene rings is 1. The van der Waals surface area contributed by atoms with E-state index in [2.05, 4.69) is 11.9 Å². The molecule has 1 saturated heterocycles. The number of amides is 1. The van der Waals surface area contributed by atoms with Crippen LogP contribution in [0.25, 0.3) is 0 Å². The second-order valence-corrected chi connectivity index (χ2v) is 4.86. The average molecular weight is 263 g/mol. The van der Waals surface area contributed by atoms with Crippen LogP contribution >= 0.6 is 0 Å². The minimum atomic E-state index is 0.164. The van der Waals surface area contributed by atoms with E-state index in [-0.39, 0.29) is 5.91 Å². The minimum Gasteiger partial charge on any atom is -0.493 e. The molecule has 1 amide bonds. The van der Waals surface area contributed by atoms with Crippen LogP contribution in [0.15, 0.2) is 24.3 Å². The number of hydrogen-bond donors (Lipinski definition) is 1. The summed E-state index contributed by atoms with van der Waals surface area (Å²) in [6, 6.07) is 7.26. The Balaban J connectivity index is 1.72. The predicted octanol–water partition coefficient (Wildman–Crippen LogP) is 0.812. The smallest absolute Gasteiger partial charge is 0.226 e. The lowest BCUT2D eigenvalue weighted by Gasteiger charge is -2.32. The maximum Gasteiger partial charge on any atom is 0.226 e. The fraction of sp³-hybridized carbons (Fsp3) is 0.500. The largest absolute Gasteiger partial charge is 0.493 e. The first-order valence-corrected chi connectivity index (χ1v) is 6.60. The normalized spacial score (nSPS) is 16.4. The van der Waals surface area contributed by atoms with Crippen molar-refractivity contribution < 1.29 is 9.53 Å². The highest BCUT2D eigenvalue weighted by Crippen LogP contribution is 2.14. The van der Waals surface area contributed by atoms with E-state index >= 15 is 0 Å². The molecule has 0 unspecified atom stereocenters. The van der Waals surface area contributed by atoms with Gasteiger partial charge in [0.2, 0.25) is 5.91 Å². The minimum absolute atomic E-state index is 0.164. The van der Waals surface area contributed by atoms with Crippen LogP contribution < -0.4 is 10.5 Å². The molecule has 1 aliphatic rings. The van der Waals surface area contributed by atoms with E-state index in [1.807, 2.05) is 23.1 Å². The average Bonchev–Trinajstić information content (AvgIpc) is 2.39. The molecule has 1 fully saturated rings. The fourth-order valence-corrected chi connectivity index (χ4v) is 2.07. The number of nitrogens with zero attached hydrogens (tertiary/aromatic N) is 2. The van der Waals surface area contributed by atoms with E-state index in [1.54, 1.807) is 6.07 Å². The summed E-state index contributed by atoms with van der Waals surface area (Å²) in [5.74, 6) is 0.878. The lowest BCUT2D eigenvalue weighted by Crippen LogP contribution is -2.47. The number of carbonyl (C=O) groups excluding carboxylic acids is 1. The van der Waals surface area contributed by atoms with Crippen molar-refractivity contribution in [2.75, 3.05) is 45.6 Å². The number of nitrogen functional groups attached to an aromatic ring is 1. The molecule has 2 rings (SSSR count). The van der Waals surface area contributed by atoms with Crippen LogP contribution in [0.1, 0.15) is 6.42 Å². The van der Waals surface area contributed by atoms with E-state index in [1.165, 1.54) is 0 Å². The first-order chi connectivity index (χ1) is 9.15. The molecule has 0 spiro atoms. The molecule has 0 bridgehead atoms. The topological polar surface area (TPSA) is 58.8 Å². The predicted molar refractivity (Wildman–Crippen MR) is 75.0 cm³/mol. The molecular formula is C14H21N3O2. The zero-order valence-corrected chi connectivity index (χ0v) is 11.3. The van der Waals surface area contributed by atoms with E-state index in [4.69, 9.17) is 10.5 Å². The Hall–Kier alpha value is -1.75. The number of rotatable bonds is 4. The molecule has 0 aromatic heterocycles. The van der Waals surface area contributed by atoms with E-state index in [0.29, 0.717) is 24.5 Å². The number of ether oxygens (including phenoxy) is 1. The van der Waals surface area contributed by atoms with Crippen LogP contribution in [0.3, 0.4) is 0 Å². The highest BCUT2D eigenvalue weighted by atomic mass is 16.5. The highest BCUT2D eigenvalue weighted by molar-refractivity contribution is 5.76. The second kappa shape index (κ2) is 6.43. The number of carbonyl (C=O) groups is 1. The first-order valence-electron chi connectivity index (χ1n) is 6.60. The van der Waals surface area contributed by atoms with Crippen LogP contribution in [-0.2, 0) is 4.79 Å². The quantitative estimate of drug-likeness (QED) is 0.817. The van der Waals surface area contributed by atoms with Gasteiger partial charge in [-0.15, -0.1) is 0 Å². The van der Waals surface area contributed by atoms with Gasteiger partial charge in [-0.25, -0.2) is 0 Å². The summed E-state index contributed by atoms with van der Waals surface area (Å²) < 4.78 is 5.53. The molecule has 1 aromatic carbocycles. The summed E-state index contributed by atoms with van der Waals surface area (Å²) in [6.07, 6.45) is 0.415. The summed E-state index contributed by atoms with van der Waals surface area (Å²) >= 11 is 0. The van der Waals surface area contributed by atoms with Gasteiger partial charge in [-0.05, 0) is 19.2 Å². The van der Waals surface area contributed by atoms with Gasteiger partial charge in [0.15, 0.2) is 0 Å². The van der Waals surface area contributed by atoms with Crippen molar-refractivity contribution in [2.24, 2.45) is 0 Å². The van der Waals surface area contributed by atoms with Crippen LogP contribution in [0, 0.1) is 0 Å². The Morgan fingerprint density at radius 3 is 2.74 bits per heavy atom. The molecule has 1 heterocycles. The van der Waals surface area contributed by atoms with Crippen LogP contribution in [0.5, 0.6) is 5.75 Å². The molecule has 5 heteroatoms. The van der Waals surface area contributed by atoms with Gasteiger partial charge in [0.1, 0.15) is 5.75 Å². The first kappa shape index (κ1) is 13.7. The third-order valence-electron chi connectivity index (χ3n) is 3.30. The fourth-order valence-electron chi connectivity index (χ4n) is 2.07. The van der Waals surface area contributed by atoms with Gasteiger partial charge in [0.05, 0.1) is 13.0 Å². The molecule has 19 heavy (non-hydrogen) atoms. The van der Waals surface area contributed by atoms with Crippen molar-refractivity contribution in [3.05, 3.63) is 24.3 Å². The number of likely N-dealkylation sites (N-methyl/N-ethyl adjacent to an activating group) is 1. The summed E-state index contributed by atoms with van der Waals surface area (Å²) in [5, 5.41) is 0. The van der Waals surface area contributed by atoms with Crippen LogP contribution in [0.2, 0.25) is 0 Å². The Bertz CT molecular complexity index is 428. The zero-order valence-electron chi connectivity index (χ0n) is 11.3. The van der Waals surface area contributed by atoms with Crippen molar-refractivity contribution in [2.45, 2.75) is 6.42 Å². The van der Waals surface area contributed by atoms with Gasteiger partial charge in [-0.2, -0.15) is 0 Å². The summed E-state index contributed by atoms with van der Waals surface area (Å²) in [7, 11) is 2.07. The van der Waals surface area contributed by atoms with Crippen LogP contribution in [0.4, 0.5) is 5.69 Å². The highest BCUT2D eigenvalue weighted by Gasteiger charge is 2.18. The summed E-state index contributed by atoms with van der Waals surface area (Å²) in [5.41, 5.74) is 6.33.